The minimum absolute atomic E-state index is 0.0407. The Bertz CT molecular complexity index is 659. The van der Waals surface area contributed by atoms with Gasteiger partial charge in [-0.25, -0.2) is 0 Å². The molecule has 0 aromatic rings. The number of aliphatic carboxylic acids is 1. The number of nitrogens with zero attached hydrogens (tertiary/aromatic N) is 1. The fourth-order valence-corrected chi connectivity index (χ4v) is 2.79. The lowest BCUT2D eigenvalue weighted by atomic mass is 10.1. The molecule has 0 rings (SSSR count). The number of carbonyl (C=O) groups is 4. The van der Waals surface area contributed by atoms with Gasteiger partial charge in [0.05, 0.1) is 6.04 Å². The number of nitrogens with two attached hydrogens (primary N) is 4. The number of thiol groups is 1. The van der Waals surface area contributed by atoms with E-state index in [1.54, 1.807) is 0 Å². The second-order valence-electron chi connectivity index (χ2n) is 7.21. The van der Waals surface area contributed by atoms with E-state index in [9.17, 15) is 19.2 Å². The van der Waals surface area contributed by atoms with E-state index in [1.165, 1.54) is 6.92 Å². The Labute approximate surface area is 192 Å². The average molecular weight is 477 g/mol. The van der Waals surface area contributed by atoms with Crippen molar-refractivity contribution in [3.8, 4) is 0 Å². The van der Waals surface area contributed by atoms with Crippen LogP contribution in [0.4, 0.5) is 0 Å². The number of hydrogen-bond donors (Lipinski definition) is 9. The van der Waals surface area contributed by atoms with Crippen molar-refractivity contribution in [3.05, 3.63) is 0 Å². The fraction of sp³-hybridized carbons (Fsp3) is 0.722. The minimum Gasteiger partial charge on any atom is -0.480 e. The molecule has 0 aromatic heterocycles. The largest absolute Gasteiger partial charge is 0.480 e. The van der Waals surface area contributed by atoms with E-state index in [2.05, 4.69) is 33.6 Å². The maximum Gasteiger partial charge on any atom is 0.325 e. The Morgan fingerprint density at radius 1 is 0.938 bits per heavy atom. The molecule has 0 aromatic carbocycles. The highest BCUT2D eigenvalue weighted by atomic mass is 32.1. The quantitative estimate of drug-likeness (QED) is 0.0476. The van der Waals surface area contributed by atoms with Gasteiger partial charge in [-0.3, -0.25) is 24.2 Å². The topological polar surface area (TPSA) is 241 Å². The Hall–Kier alpha value is -2.58. The van der Waals surface area contributed by atoms with E-state index in [-0.39, 0.29) is 24.7 Å². The van der Waals surface area contributed by atoms with E-state index in [1.807, 2.05) is 0 Å². The Kier molecular flexibility index (Phi) is 14.8. The van der Waals surface area contributed by atoms with Gasteiger partial charge in [-0.1, -0.05) is 6.42 Å². The van der Waals surface area contributed by atoms with Gasteiger partial charge in [0.1, 0.15) is 18.1 Å². The summed E-state index contributed by atoms with van der Waals surface area (Å²) in [6.07, 6.45) is 2.27. The third-order valence-electron chi connectivity index (χ3n) is 4.43. The van der Waals surface area contributed by atoms with Crippen LogP contribution in [-0.4, -0.2) is 77.8 Å². The van der Waals surface area contributed by atoms with Crippen LogP contribution >= 0.6 is 12.6 Å². The maximum atomic E-state index is 12.7. The molecule has 12 N–H and O–H groups in total. The predicted octanol–water partition coefficient (Wildman–Crippen LogP) is -3.01. The maximum absolute atomic E-state index is 12.7. The Morgan fingerprint density at radius 3 is 2.06 bits per heavy atom. The highest BCUT2D eigenvalue weighted by Crippen LogP contribution is 2.03. The third kappa shape index (κ3) is 12.3. The molecule has 32 heavy (non-hydrogen) atoms. The molecule has 14 heteroatoms. The molecular formula is C18H36N8O5S. The number of aliphatic imine (C=N–C) groups is 1. The van der Waals surface area contributed by atoms with Crippen LogP contribution in [0.1, 0.15) is 39.0 Å². The molecule has 0 bridgehead atoms. The number of guanidine groups is 1. The molecule has 4 atom stereocenters. The molecule has 184 valence electrons. The van der Waals surface area contributed by atoms with Crippen LogP contribution in [0.3, 0.4) is 0 Å². The summed E-state index contributed by atoms with van der Waals surface area (Å²) in [6, 6.07) is -4.09. The van der Waals surface area contributed by atoms with Crippen LogP contribution in [0.15, 0.2) is 4.99 Å². The number of carboxylic acids is 1. The zero-order chi connectivity index (χ0) is 24.7. The van der Waals surface area contributed by atoms with Gasteiger partial charge < -0.3 is 44.0 Å². The first-order valence-electron chi connectivity index (χ1n) is 10.3. The molecule has 0 saturated carbocycles. The van der Waals surface area contributed by atoms with Crippen LogP contribution in [0, 0.1) is 0 Å². The van der Waals surface area contributed by atoms with Gasteiger partial charge >= 0.3 is 5.97 Å². The highest BCUT2D eigenvalue weighted by Gasteiger charge is 2.28. The predicted molar refractivity (Wildman–Crippen MR) is 124 cm³/mol. The van der Waals surface area contributed by atoms with Crippen molar-refractivity contribution in [1.29, 1.82) is 0 Å². The molecule has 0 spiro atoms. The van der Waals surface area contributed by atoms with Gasteiger partial charge in [0.15, 0.2) is 5.96 Å². The molecule has 0 saturated heterocycles. The van der Waals surface area contributed by atoms with Gasteiger partial charge in [-0.05, 0) is 39.2 Å². The van der Waals surface area contributed by atoms with E-state index in [0.29, 0.717) is 25.8 Å². The second kappa shape index (κ2) is 16.1. The fourth-order valence-electron chi connectivity index (χ4n) is 2.53. The summed E-state index contributed by atoms with van der Waals surface area (Å²) in [7, 11) is 0. The van der Waals surface area contributed by atoms with E-state index in [0.717, 1.165) is 6.42 Å². The van der Waals surface area contributed by atoms with Crippen LogP contribution in [-0.2, 0) is 19.2 Å². The van der Waals surface area contributed by atoms with E-state index in [4.69, 9.17) is 28.0 Å². The van der Waals surface area contributed by atoms with Crippen molar-refractivity contribution in [2.75, 3.05) is 18.8 Å². The lowest BCUT2D eigenvalue weighted by Gasteiger charge is -2.24. The standard InChI is InChI=1S/C18H36N8O5S/c1-10(17(30)31)24-15(28)12(6-4-8-23-18(21)22)25-16(29)13(9-32)26-14(27)11(20)5-2-3-7-19/h10-13,32H,2-9,19-20H2,1H3,(H,24,28)(H,25,29)(H,26,27)(H,30,31)(H4,21,22,23). The van der Waals surface area contributed by atoms with Gasteiger partial charge in [0.25, 0.3) is 0 Å². The monoisotopic (exact) mass is 476 g/mol. The molecule has 0 aliphatic rings. The average Bonchev–Trinajstić information content (AvgIpc) is 2.73. The number of rotatable bonds is 16. The van der Waals surface area contributed by atoms with Gasteiger partial charge in [0, 0.05) is 12.3 Å². The van der Waals surface area contributed by atoms with Crippen molar-refractivity contribution in [2.45, 2.75) is 63.2 Å². The van der Waals surface area contributed by atoms with Crippen LogP contribution in [0.25, 0.3) is 0 Å². The first-order chi connectivity index (χ1) is 15.0. The van der Waals surface area contributed by atoms with Crippen molar-refractivity contribution in [2.24, 2.45) is 27.9 Å². The number of unbranched alkanes of at least 4 members (excludes halogenated alkanes) is 1. The molecule has 0 aliphatic heterocycles. The molecule has 0 fully saturated rings. The molecule has 4 unspecified atom stereocenters. The SMILES string of the molecule is CC(NC(=O)C(CCCN=C(N)N)NC(=O)C(CS)NC(=O)C(N)CCCCN)C(=O)O. The number of hydrogen-bond acceptors (Lipinski definition) is 8. The third-order valence-corrected chi connectivity index (χ3v) is 4.79. The van der Waals surface area contributed by atoms with Crippen molar-refractivity contribution in [1.82, 2.24) is 16.0 Å². The Balaban J connectivity index is 5.10. The summed E-state index contributed by atoms with van der Waals surface area (Å²) in [5, 5.41) is 16.3. The summed E-state index contributed by atoms with van der Waals surface area (Å²) >= 11 is 4.09. The first-order valence-corrected chi connectivity index (χ1v) is 10.9. The molecule has 3 amide bonds. The van der Waals surface area contributed by atoms with Gasteiger partial charge in [0.2, 0.25) is 17.7 Å². The van der Waals surface area contributed by atoms with E-state index < -0.39 is 47.9 Å². The smallest absolute Gasteiger partial charge is 0.325 e. The highest BCUT2D eigenvalue weighted by molar-refractivity contribution is 7.80. The number of nitrogens with one attached hydrogen (secondary N) is 3. The van der Waals surface area contributed by atoms with Gasteiger partial charge in [-0.15, -0.1) is 0 Å². The number of carbonyl (C=O) groups excluding carboxylic acids is 3. The summed E-state index contributed by atoms with van der Waals surface area (Å²) in [4.78, 5) is 52.3. The zero-order valence-electron chi connectivity index (χ0n) is 18.3. The summed E-state index contributed by atoms with van der Waals surface area (Å²) in [5.41, 5.74) is 21.8. The lowest BCUT2D eigenvalue weighted by molar-refractivity contribution is -0.141. The summed E-state index contributed by atoms with van der Waals surface area (Å²) in [6.45, 7) is 1.99. The molecule has 0 radical (unpaired) electrons. The van der Waals surface area contributed by atoms with Crippen molar-refractivity contribution >= 4 is 42.3 Å². The zero-order valence-corrected chi connectivity index (χ0v) is 19.1. The number of carboxylic acid groups (broad SMARTS) is 1. The van der Waals surface area contributed by atoms with Gasteiger partial charge in [-0.2, -0.15) is 12.6 Å². The van der Waals surface area contributed by atoms with Crippen molar-refractivity contribution < 1.29 is 24.3 Å². The number of amides is 3. The molecular weight excluding hydrogens is 440 g/mol. The summed E-state index contributed by atoms with van der Waals surface area (Å²) in [5.74, 6) is -3.26. The Morgan fingerprint density at radius 2 is 1.53 bits per heavy atom. The minimum atomic E-state index is -1.23. The molecule has 13 nitrogen and oxygen atoms in total. The van der Waals surface area contributed by atoms with Crippen molar-refractivity contribution in [3.63, 3.8) is 0 Å². The van der Waals surface area contributed by atoms with Crippen LogP contribution in [0.5, 0.6) is 0 Å². The molecule has 0 heterocycles. The second-order valence-corrected chi connectivity index (χ2v) is 7.58. The molecule has 0 aliphatic carbocycles. The first kappa shape index (κ1) is 29.4. The van der Waals surface area contributed by atoms with E-state index >= 15 is 0 Å². The van der Waals surface area contributed by atoms with Crippen LogP contribution in [0.2, 0.25) is 0 Å². The summed E-state index contributed by atoms with van der Waals surface area (Å²) < 4.78 is 0. The normalized spacial score (nSPS) is 14.4. The van der Waals surface area contributed by atoms with Crippen LogP contribution < -0.4 is 38.9 Å². The lowest BCUT2D eigenvalue weighted by Crippen LogP contribution is -2.57.